The zero-order valence-corrected chi connectivity index (χ0v) is 19.7. The number of carbonyl (C=O) groups is 1. The Morgan fingerprint density at radius 2 is 2.09 bits per heavy atom. The fourth-order valence-corrected chi connectivity index (χ4v) is 5.39. The molecule has 4 heterocycles. The molecule has 1 amide bonds. The van der Waals surface area contributed by atoms with Crippen LogP contribution in [-0.2, 0) is 11.3 Å². The number of fused-ring (bicyclic) bond motifs is 1. The Morgan fingerprint density at radius 1 is 1.23 bits per heavy atom. The Morgan fingerprint density at radius 3 is 2.89 bits per heavy atom. The van der Waals surface area contributed by atoms with Gasteiger partial charge in [-0.15, -0.1) is 0 Å². The molecule has 2 aromatic heterocycles. The van der Waals surface area contributed by atoms with Crippen molar-refractivity contribution >= 4 is 33.7 Å². The maximum atomic E-state index is 13.2. The minimum absolute atomic E-state index is 0.00867. The molecule has 4 aromatic rings. The van der Waals surface area contributed by atoms with Gasteiger partial charge in [0.15, 0.2) is 5.75 Å². The molecule has 9 heteroatoms. The number of hydrogen-bond donors (Lipinski definition) is 1. The number of carbonyl (C=O) groups excluding carboxylic acids is 1. The predicted molar refractivity (Wildman–Crippen MR) is 135 cm³/mol. The standard InChI is InChI=1S/C26H26N6O3/c1-4-20(33)30-9-10-31(16(3)13-30)25-18-7-6-17(21-15(2)5-8-19-22(21)28-14-27-19)24-23(18)32(11-12-35-24)26(34)29-25/h4-8,14,16H,1,9-13H2,2-3H3,(H,27,28). The topological polar surface area (TPSA) is 96.4 Å². The van der Waals surface area contributed by atoms with Crippen LogP contribution in [0.4, 0.5) is 5.82 Å². The molecule has 1 saturated heterocycles. The number of aryl methyl sites for hydroxylation is 1. The molecule has 0 radical (unpaired) electrons. The van der Waals surface area contributed by atoms with Crippen LogP contribution in [0.25, 0.3) is 33.1 Å². The van der Waals surface area contributed by atoms with Gasteiger partial charge < -0.3 is 19.5 Å². The van der Waals surface area contributed by atoms with Crippen molar-refractivity contribution in [2.75, 3.05) is 31.1 Å². The molecule has 1 N–H and O–H groups in total. The molecule has 0 aliphatic carbocycles. The summed E-state index contributed by atoms with van der Waals surface area (Å²) in [5.74, 6) is 1.23. The first-order chi connectivity index (χ1) is 17.0. The van der Waals surface area contributed by atoms with E-state index in [0.29, 0.717) is 44.4 Å². The molecule has 6 rings (SSSR count). The predicted octanol–water partition coefficient (Wildman–Crippen LogP) is 2.86. The third-order valence-electron chi connectivity index (χ3n) is 7.09. The average Bonchev–Trinajstić information content (AvgIpc) is 3.35. The van der Waals surface area contributed by atoms with Crippen LogP contribution in [0.2, 0.25) is 0 Å². The van der Waals surface area contributed by atoms with E-state index in [1.807, 2.05) is 25.1 Å². The number of ether oxygens (including phenoxy) is 1. The summed E-state index contributed by atoms with van der Waals surface area (Å²) in [5, 5.41) is 0.866. The van der Waals surface area contributed by atoms with Crippen molar-refractivity contribution in [1.82, 2.24) is 24.4 Å². The van der Waals surface area contributed by atoms with Gasteiger partial charge in [-0.3, -0.25) is 9.36 Å². The third-order valence-corrected chi connectivity index (χ3v) is 7.09. The molecule has 0 bridgehead atoms. The minimum Gasteiger partial charge on any atom is -0.489 e. The molecular formula is C26H26N6O3. The maximum Gasteiger partial charge on any atom is 0.350 e. The number of aromatic nitrogens is 4. The van der Waals surface area contributed by atoms with Gasteiger partial charge in [0.2, 0.25) is 5.91 Å². The van der Waals surface area contributed by atoms with Gasteiger partial charge in [0.1, 0.15) is 12.4 Å². The second-order valence-electron chi connectivity index (χ2n) is 9.14. The SMILES string of the molecule is C=CC(=O)N1CCN(c2nc(=O)n3c4c(c(-c5c(C)ccc6[nH]cnc56)ccc24)OCC3)C(C)C1. The number of nitrogens with one attached hydrogen (secondary N) is 1. The second-order valence-corrected chi connectivity index (χ2v) is 9.14. The van der Waals surface area contributed by atoms with Crippen LogP contribution in [0, 0.1) is 6.92 Å². The second kappa shape index (κ2) is 7.97. The first kappa shape index (κ1) is 21.4. The fraction of sp³-hybridized carbons (Fsp3) is 0.308. The van der Waals surface area contributed by atoms with Crippen molar-refractivity contribution in [3.63, 3.8) is 0 Å². The van der Waals surface area contributed by atoms with Crippen LogP contribution in [0.5, 0.6) is 5.75 Å². The lowest BCUT2D eigenvalue weighted by Gasteiger charge is -2.40. The van der Waals surface area contributed by atoms with Crippen molar-refractivity contribution in [1.29, 1.82) is 0 Å². The molecule has 2 aromatic carbocycles. The number of benzene rings is 2. The first-order valence-corrected chi connectivity index (χ1v) is 11.8. The molecule has 1 unspecified atom stereocenters. The molecular weight excluding hydrogens is 444 g/mol. The Hall–Kier alpha value is -4.14. The van der Waals surface area contributed by atoms with E-state index in [9.17, 15) is 9.59 Å². The number of anilines is 1. The molecule has 9 nitrogen and oxygen atoms in total. The van der Waals surface area contributed by atoms with E-state index in [2.05, 4.69) is 39.4 Å². The van der Waals surface area contributed by atoms with Crippen molar-refractivity contribution < 1.29 is 9.53 Å². The van der Waals surface area contributed by atoms with E-state index in [0.717, 1.165) is 38.6 Å². The molecule has 35 heavy (non-hydrogen) atoms. The summed E-state index contributed by atoms with van der Waals surface area (Å²) >= 11 is 0. The summed E-state index contributed by atoms with van der Waals surface area (Å²) in [6.45, 7) is 10.2. The highest BCUT2D eigenvalue weighted by atomic mass is 16.5. The molecule has 1 fully saturated rings. The average molecular weight is 471 g/mol. The molecule has 2 aliphatic heterocycles. The number of H-pyrrole nitrogens is 1. The number of imidazole rings is 1. The number of amides is 1. The van der Waals surface area contributed by atoms with Crippen molar-refractivity contribution in [3.8, 4) is 16.9 Å². The molecule has 0 saturated carbocycles. The summed E-state index contributed by atoms with van der Waals surface area (Å²) in [6, 6.07) is 8.14. The summed E-state index contributed by atoms with van der Waals surface area (Å²) in [5.41, 5.74) is 5.26. The van der Waals surface area contributed by atoms with Crippen LogP contribution in [0.1, 0.15) is 12.5 Å². The first-order valence-electron chi connectivity index (χ1n) is 11.8. The molecule has 0 spiro atoms. The number of nitrogens with zero attached hydrogens (tertiary/aromatic N) is 5. The highest BCUT2D eigenvalue weighted by Crippen LogP contribution is 2.43. The molecule has 2 aliphatic rings. The van der Waals surface area contributed by atoms with Gasteiger partial charge in [0.05, 0.1) is 29.4 Å². The van der Waals surface area contributed by atoms with Crippen LogP contribution in [0.15, 0.2) is 48.0 Å². The number of hydrogen-bond acceptors (Lipinski definition) is 6. The van der Waals surface area contributed by atoms with E-state index >= 15 is 0 Å². The van der Waals surface area contributed by atoms with E-state index in [1.165, 1.54) is 6.08 Å². The zero-order chi connectivity index (χ0) is 24.3. The van der Waals surface area contributed by atoms with Crippen LogP contribution >= 0.6 is 0 Å². The van der Waals surface area contributed by atoms with E-state index < -0.39 is 0 Å². The van der Waals surface area contributed by atoms with Gasteiger partial charge in [0, 0.05) is 42.2 Å². The fourth-order valence-electron chi connectivity index (χ4n) is 5.39. The molecule has 178 valence electrons. The molecule has 1 atom stereocenters. The normalized spacial score (nSPS) is 17.6. The van der Waals surface area contributed by atoms with Gasteiger partial charge in [-0.05, 0) is 43.7 Å². The lowest BCUT2D eigenvalue weighted by atomic mass is 9.96. The lowest BCUT2D eigenvalue weighted by Crippen LogP contribution is -2.54. The summed E-state index contributed by atoms with van der Waals surface area (Å²) < 4.78 is 7.95. The van der Waals surface area contributed by atoms with Gasteiger partial charge in [-0.2, -0.15) is 4.98 Å². The number of rotatable bonds is 3. The van der Waals surface area contributed by atoms with Gasteiger partial charge >= 0.3 is 5.69 Å². The highest BCUT2D eigenvalue weighted by molar-refractivity contribution is 6.03. The van der Waals surface area contributed by atoms with Gasteiger partial charge in [-0.1, -0.05) is 12.6 Å². The Balaban J connectivity index is 1.55. The highest BCUT2D eigenvalue weighted by Gasteiger charge is 2.31. The number of piperazine rings is 1. The van der Waals surface area contributed by atoms with Crippen molar-refractivity contribution in [2.45, 2.75) is 26.4 Å². The smallest absolute Gasteiger partial charge is 0.350 e. The number of aromatic amines is 1. The lowest BCUT2D eigenvalue weighted by molar-refractivity contribution is -0.126. The van der Waals surface area contributed by atoms with Crippen LogP contribution in [0.3, 0.4) is 0 Å². The monoisotopic (exact) mass is 470 g/mol. The Bertz CT molecular complexity index is 1570. The van der Waals surface area contributed by atoms with E-state index in [1.54, 1.807) is 15.8 Å². The van der Waals surface area contributed by atoms with Crippen LogP contribution in [-0.4, -0.2) is 62.6 Å². The third kappa shape index (κ3) is 3.22. The van der Waals surface area contributed by atoms with Gasteiger partial charge in [0.25, 0.3) is 0 Å². The van der Waals surface area contributed by atoms with Crippen LogP contribution < -0.4 is 15.3 Å². The summed E-state index contributed by atoms with van der Waals surface area (Å²) in [4.78, 5) is 41.5. The Labute approximate surface area is 201 Å². The largest absolute Gasteiger partial charge is 0.489 e. The van der Waals surface area contributed by atoms with E-state index in [-0.39, 0.29) is 17.6 Å². The zero-order valence-electron chi connectivity index (χ0n) is 19.7. The summed E-state index contributed by atoms with van der Waals surface area (Å²) in [6.07, 6.45) is 3.04. The van der Waals surface area contributed by atoms with Gasteiger partial charge in [-0.25, -0.2) is 9.78 Å². The quantitative estimate of drug-likeness (QED) is 0.463. The summed E-state index contributed by atoms with van der Waals surface area (Å²) in [7, 11) is 0. The Kier molecular flexibility index (Phi) is 4.87. The van der Waals surface area contributed by atoms with E-state index in [4.69, 9.17) is 4.74 Å². The van der Waals surface area contributed by atoms with Crippen molar-refractivity contribution in [3.05, 3.63) is 59.3 Å². The maximum absolute atomic E-state index is 13.2. The minimum atomic E-state index is -0.291. The van der Waals surface area contributed by atoms with Crippen molar-refractivity contribution in [2.24, 2.45) is 0 Å².